The average Bonchev–Trinajstić information content (AvgIpc) is 3.26. The van der Waals surface area contributed by atoms with Crippen molar-refractivity contribution in [3.63, 3.8) is 0 Å². The van der Waals surface area contributed by atoms with Gasteiger partial charge < -0.3 is 20.5 Å². The van der Waals surface area contributed by atoms with Gasteiger partial charge >= 0.3 is 5.97 Å². The van der Waals surface area contributed by atoms with Crippen LogP contribution in [0.5, 0.6) is 0 Å². The number of cyclic esters (lactones) is 1. The fraction of sp³-hybridized carbons (Fsp3) is 0.560. The molecule has 1 saturated carbocycles. The molecule has 32 heavy (non-hydrogen) atoms. The first-order chi connectivity index (χ1) is 15.5. The Kier molecular flexibility index (Phi) is 8.85. The molecule has 2 aliphatic rings. The normalized spacial score (nSPS) is 24.4. The Balaban J connectivity index is 1.68. The minimum atomic E-state index is -0.577. The molecule has 2 atom stereocenters. The van der Waals surface area contributed by atoms with Gasteiger partial charge in [-0.15, -0.1) is 0 Å². The van der Waals surface area contributed by atoms with Gasteiger partial charge in [-0.25, -0.2) is 0 Å². The van der Waals surface area contributed by atoms with E-state index in [1.807, 2.05) is 42.5 Å². The number of rotatable bonds is 5. The maximum atomic E-state index is 13.0. The number of carbonyl (C=O) groups excluding carboxylic acids is 3. The predicted octanol–water partition coefficient (Wildman–Crippen LogP) is 2.94. The van der Waals surface area contributed by atoms with Crippen LogP contribution in [-0.4, -0.2) is 41.6 Å². The number of hydrogen-bond donors (Lipinski definition) is 3. The van der Waals surface area contributed by atoms with Crippen molar-refractivity contribution in [2.45, 2.75) is 69.4 Å². The van der Waals surface area contributed by atoms with E-state index in [-0.39, 0.29) is 37.4 Å². The lowest BCUT2D eigenvalue weighted by Crippen LogP contribution is -2.50. The highest BCUT2D eigenvalue weighted by Gasteiger charge is 2.35. The molecule has 1 aromatic rings. The van der Waals surface area contributed by atoms with E-state index in [9.17, 15) is 19.5 Å². The molecule has 0 radical (unpaired) electrons. The average molecular weight is 443 g/mol. The fourth-order valence-electron chi connectivity index (χ4n) is 4.42. The number of hydrogen-bond acceptors (Lipinski definition) is 5. The Morgan fingerprint density at radius 3 is 2.59 bits per heavy atom. The van der Waals surface area contributed by atoms with Gasteiger partial charge in [0.1, 0.15) is 6.10 Å². The zero-order chi connectivity index (χ0) is 22.8. The van der Waals surface area contributed by atoms with Gasteiger partial charge in [0.25, 0.3) is 0 Å². The maximum absolute atomic E-state index is 13.0. The second kappa shape index (κ2) is 11.8. The summed E-state index contributed by atoms with van der Waals surface area (Å²) < 4.78 is 5.65. The molecule has 7 heteroatoms. The van der Waals surface area contributed by atoms with E-state index in [1.165, 1.54) is 0 Å². The Morgan fingerprint density at radius 2 is 1.88 bits per heavy atom. The molecular weight excluding hydrogens is 408 g/mol. The van der Waals surface area contributed by atoms with Crippen LogP contribution >= 0.6 is 0 Å². The van der Waals surface area contributed by atoms with E-state index in [0.29, 0.717) is 25.7 Å². The molecule has 174 valence electrons. The first-order valence-electron chi connectivity index (χ1n) is 11.6. The molecule has 0 spiro atoms. The Labute approximate surface area is 189 Å². The van der Waals surface area contributed by atoms with Crippen LogP contribution in [0.1, 0.15) is 69.5 Å². The maximum Gasteiger partial charge on any atom is 0.306 e. The summed E-state index contributed by atoms with van der Waals surface area (Å²) in [5.41, 5.74) is 0.258. The number of aliphatic hydroxyl groups excluding tert-OH is 1. The van der Waals surface area contributed by atoms with Crippen LogP contribution in [0, 0.1) is 5.92 Å². The molecule has 1 aliphatic carbocycles. The van der Waals surface area contributed by atoms with Crippen LogP contribution in [-0.2, 0) is 19.1 Å². The number of amides is 2. The number of aliphatic hydroxyl groups is 1. The van der Waals surface area contributed by atoms with Gasteiger partial charge in [-0.3, -0.25) is 14.4 Å². The van der Waals surface area contributed by atoms with Crippen molar-refractivity contribution in [3.8, 4) is 0 Å². The monoisotopic (exact) mass is 442 g/mol. The van der Waals surface area contributed by atoms with Crippen LogP contribution in [0.25, 0.3) is 0 Å². The highest BCUT2D eigenvalue weighted by molar-refractivity contribution is 5.86. The number of nitrogens with one attached hydrogen (secondary N) is 2. The Bertz CT molecular complexity index is 802. The molecule has 1 fully saturated rings. The Hall–Kier alpha value is -2.67. The second-order valence-electron chi connectivity index (χ2n) is 8.83. The number of carbonyl (C=O) groups is 3. The van der Waals surface area contributed by atoms with E-state index in [4.69, 9.17) is 4.74 Å². The molecule has 1 aromatic carbocycles. The molecule has 0 saturated heterocycles. The lowest BCUT2D eigenvalue weighted by molar-refractivity contribution is -0.150. The standard InChI is InChI=1S/C25H34N2O5/c28-18-25(14-8-9-15-25)27-22(29)16-20-12-4-1-2-7-13-23(30)32-21(17-26-24(20)31)19-10-5-3-6-11-19/h1,3-6,10-11,20-21,28H,2,7-9,12-18H2,(H,26,31)(H,27,29). The topological polar surface area (TPSA) is 105 Å². The number of allylic oxidation sites excluding steroid dienone is 2. The lowest BCUT2D eigenvalue weighted by Gasteiger charge is -2.29. The second-order valence-corrected chi connectivity index (χ2v) is 8.83. The molecule has 1 heterocycles. The first-order valence-corrected chi connectivity index (χ1v) is 11.6. The quantitative estimate of drug-likeness (QED) is 0.480. The van der Waals surface area contributed by atoms with Crippen molar-refractivity contribution >= 4 is 17.8 Å². The van der Waals surface area contributed by atoms with E-state index >= 15 is 0 Å². The fourth-order valence-corrected chi connectivity index (χ4v) is 4.42. The molecule has 3 rings (SSSR count). The van der Waals surface area contributed by atoms with Crippen LogP contribution in [0.15, 0.2) is 42.5 Å². The highest BCUT2D eigenvalue weighted by Crippen LogP contribution is 2.29. The van der Waals surface area contributed by atoms with Gasteiger partial charge in [0, 0.05) is 12.8 Å². The minimum Gasteiger partial charge on any atom is -0.456 e. The van der Waals surface area contributed by atoms with Gasteiger partial charge in [-0.05, 0) is 37.7 Å². The molecule has 2 unspecified atom stereocenters. The van der Waals surface area contributed by atoms with Crippen molar-refractivity contribution in [3.05, 3.63) is 48.0 Å². The summed E-state index contributed by atoms with van der Waals surface area (Å²) in [7, 11) is 0. The van der Waals surface area contributed by atoms with Crippen molar-refractivity contribution in [1.82, 2.24) is 10.6 Å². The lowest BCUT2D eigenvalue weighted by atomic mass is 9.95. The van der Waals surface area contributed by atoms with E-state index in [2.05, 4.69) is 10.6 Å². The van der Waals surface area contributed by atoms with Gasteiger partial charge in [0.2, 0.25) is 11.8 Å². The van der Waals surface area contributed by atoms with E-state index < -0.39 is 17.6 Å². The summed E-state index contributed by atoms with van der Waals surface area (Å²) in [6.07, 6.45) is 8.94. The molecule has 3 N–H and O–H groups in total. The molecule has 0 bridgehead atoms. The van der Waals surface area contributed by atoms with Crippen molar-refractivity contribution in [2.24, 2.45) is 5.92 Å². The zero-order valence-corrected chi connectivity index (χ0v) is 18.6. The first kappa shape index (κ1) is 24.0. The van der Waals surface area contributed by atoms with Gasteiger partial charge in [-0.2, -0.15) is 0 Å². The minimum absolute atomic E-state index is 0.0493. The number of benzene rings is 1. The van der Waals surface area contributed by atoms with Gasteiger partial charge in [-0.1, -0.05) is 55.3 Å². The highest BCUT2D eigenvalue weighted by atomic mass is 16.5. The number of ether oxygens (including phenoxy) is 1. The summed E-state index contributed by atoms with van der Waals surface area (Å²) >= 11 is 0. The summed E-state index contributed by atoms with van der Waals surface area (Å²) in [6.45, 7) is 0.0661. The third-order valence-corrected chi connectivity index (χ3v) is 6.32. The third kappa shape index (κ3) is 6.92. The van der Waals surface area contributed by atoms with Gasteiger partial charge in [0.05, 0.1) is 24.6 Å². The van der Waals surface area contributed by atoms with Crippen LogP contribution in [0.3, 0.4) is 0 Å². The van der Waals surface area contributed by atoms with Crippen molar-refractivity contribution < 1.29 is 24.2 Å². The SMILES string of the molecule is O=C(CC1CC=CCCCC(=O)OC(c2ccccc2)CNC1=O)NC1(CO)CCCC1. The molecule has 0 aromatic heterocycles. The van der Waals surface area contributed by atoms with E-state index in [1.54, 1.807) is 0 Å². The molecule has 1 aliphatic heterocycles. The van der Waals surface area contributed by atoms with Gasteiger partial charge in [0.15, 0.2) is 0 Å². The summed E-state index contributed by atoms with van der Waals surface area (Å²) in [5.74, 6) is -1.28. The van der Waals surface area contributed by atoms with Crippen LogP contribution in [0.4, 0.5) is 0 Å². The molecule has 7 nitrogen and oxygen atoms in total. The Morgan fingerprint density at radius 1 is 1.12 bits per heavy atom. The van der Waals surface area contributed by atoms with Crippen LogP contribution in [0.2, 0.25) is 0 Å². The summed E-state index contributed by atoms with van der Waals surface area (Å²) in [4.78, 5) is 38.0. The van der Waals surface area contributed by atoms with Crippen LogP contribution < -0.4 is 10.6 Å². The third-order valence-electron chi connectivity index (χ3n) is 6.32. The summed E-state index contributed by atoms with van der Waals surface area (Å²) in [6, 6.07) is 9.34. The molecule has 2 amide bonds. The van der Waals surface area contributed by atoms with Crippen molar-refractivity contribution in [1.29, 1.82) is 0 Å². The predicted molar refractivity (Wildman–Crippen MR) is 120 cm³/mol. The molecular formula is C25H34N2O5. The largest absolute Gasteiger partial charge is 0.456 e. The van der Waals surface area contributed by atoms with Crippen molar-refractivity contribution in [2.75, 3.05) is 13.2 Å². The number of esters is 1. The van der Waals surface area contributed by atoms with E-state index in [0.717, 1.165) is 31.2 Å². The summed E-state index contributed by atoms with van der Waals surface area (Å²) in [5, 5.41) is 15.6. The smallest absolute Gasteiger partial charge is 0.306 e. The zero-order valence-electron chi connectivity index (χ0n) is 18.6.